The summed E-state index contributed by atoms with van der Waals surface area (Å²) in [5, 5.41) is 3.08. The molecule has 3 N–H and O–H groups in total. The molecule has 0 spiro atoms. The zero-order valence-electron chi connectivity index (χ0n) is 14.3. The molecule has 0 radical (unpaired) electrons. The molecule has 0 bridgehead atoms. The zero-order valence-corrected chi connectivity index (χ0v) is 15.1. The Hall–Kier alpha value is -1.84. The number of benzene rings is 2. The molecule has 0 aliphatic heterocycles. The van der Waals surface area contributed by atoms with Crippen molar-refractivity contribution in [3.63, 3.8) is 0 Å². The van der Waals surface area contributed by atoms with E-state index in [2.05, 4.69) is 17.4 Å². The van der Waals surface area contributed by atoms with Crippen LogP contribution in [0.25, 0.3) is 0 Å². The summed E-state index contributed by atoms with van der Waals surface area (Å²) in [6.45, 7) is 3.93. The molecular weight excluding hydrogens is 320 g/mol. The number of carbonyl (C=O) groups is 1. The van der Waals surface area contributed by atoms with Crippen LogP contribution in [0.1, 0.15) is 37.4 Å². The molecule has 1 amide bonds. The third-order valence-corrected chi connectivity index (χ3v) is 4.23. The summed E-state index contributed by atoms with van der Waals surface area (Å²) in [6, 6.07) is 20.0. The SMILES string of the molecule is CC(CCc1ccccc1)NC(=O)C(C)C(N)c1ccccc1.Cl. The lowest BCUT2D eigenvalue weighted by molar-refractivity contribution is -0.125. The van der Waals surface area contributed by atoms with E-state index in [0.717, 1.165) is 18.4 Å². The molecule has 0 aliphatic rings. The second kappa shape index (κ2) is 10.1. The Balaban J connectivity index is 0.00000288. The largest absolute Gasteiger partial charge is 0.353 e. The molecule has 0 saturated carbocycles. The molecule has 0 saturated heterocycles. The molecule has 130 valence electrons. The molecule has 0 fully saturated rings. The predicted octanol–water partition coefficient (Wildman–Crippen LogP) is 3.88. The maximum absolute atomic E-state index is 12.4. The van der Waals surface area contributed by atoms with Crippen molar-refractivity contribution >= 4 is 18.3 Å². The number of hydrogen-bond donors (Lipinski definition) is 2. The van der Waals surface area contributed by atoms with E-state index in [1.165, 1.54) is 5.56 Å². The van der Waals surface area contributed by atoms with Gasteiger partial charge < -0.3 is 11.1 Å². The van der Waals surface area contributed by atoms with Crippen LogP contribution in [0.4, 0.5) is 0 Å². The standard InChI is InChI=1S/C20H26N2O.ClH/c1-15(13-14-17-9-5-3-6-10-17)22-20(23)16(2)19(21)18-11-7-4-8-12-18;/h3-12,15-16,19H,13-14,21H2,1-2H3,(H,22,23);1H. The smallest absolute Gasteiger partial charge is 0.224 e. The molecule has 3 nitrogen and oxygen atoms in total. The van der Waals surface area contributed by atoms with E-state index in [-0.39, 0.29) is 36.3 Å². The van der Waals surface area contributed by atoms with Crippen molar-refractivity contribution in [3.8, 4) is 0 Å². The topological polar surface area (TPSA) is 55.1 Å². The van der Waals surface area contributed by atoms with Gasteiger partial charge in [-0.3, -0.25) is 4.79 Å². The van der Waals surface area contributed by atoms with Crippen molar-refractivity contribution in [2.45, 2.75) is 38.8 Å². The Morgan fingerprint density at radius 2 is 1.54 bits per heavy atom. The van der Waals surface area contributed by atoms with E-state index in [9.17, 15) is 4.79 Å². The molecular formula is C20H27ClN2O. The second-order valence-electron chi connectivity index (χ2n) is 6.16. The maximum atomic E-state index is 12.4. The number of aryl methyl sites for hydroxylation is 1. The van der Waals surface area contributed by atoms with Crippen molar-refractivity contribution in [2.24, 2.45) is 11.7 Å². The quantitative estimate of drug-likeness (QED) is 0.799. The minimum absolute atomic E-state index is 0. The maximum Gasteiger partial charge on any atom is 0.224 e. The first-order valence-electron chi connectivity index (χ1n) is 8.22. The van der Waals surface area contributed by atoms with Crippen molar-refractivity contribution in [2.75, 3.05) is 0 Å². The summed E-state index contributed by atoms with van der Waals surface area (Å²) in [5.74, 6) is -0.238. The lowest BCUT2D eigenvalue weighted by Crippen LogP contribution is -2.40. The van der Waals surface area contributed by atoms with Gasteiger partial charge in [0, 0.05) is 12.1 Å². The van der Waals surface area contributed by atoms with E-state index in [1.54, 1.807) is 0 Å². The van der Waals surface area contributed by atoms with Gasteiger partial charge in [-0.25, -0.2) is 0 Å². The first-order valence-corrected chi connectivity index (χ1v) is 8.22. The summed E-state index contributed by atoms with van der Waals surface area (Å²) in [7, 11) is 0. The lowest BCUT2D eigenvalue weighted by atomic mass is 9.94. The summed E-state index contributed by atoms with van der Waals surface area (Å²) in [5.41, 5.74) is 8.51. The third kappa shape index (κ3) is 5.99. The summed E-state index contributed by atoms with van der Waals surface area (Å²) >= 11 is 0. The predicted molar refractivity (Wildman–Crippen MR) is 102 cm³/mol. The van der Waals surface area contributed by atoms with Crippen LogP contribution < -0.4 is 11.1 Å². The number of amides is 1. The highest BCUT2D eigenvalue weighted by Gasteiger charge is 2.23. The van der Waals surface area contributed by atoms with Crippen LogP contribution in [0.15, 0.2) is 60.7 Å². The Kier molecular flexibility index (Phi) is 8.51. The molecule has 0 aliphatic carbocycles. The van der Waals surface area contributed by atoms with Crippen LogP contribution in [0, 0.1) is 5.92 Å². The van der Waals surface area contributed by atoms with E-state index in [0.29, 0.717) is 0 Å². The van der Waals surface area contributed by atoms with Crippen molar-refractivity contribution < 1.29 is 4.79 Å². The van der Waals surface area contributed by atoms with E-state index in [4.69, 9.17) is 5.73 Å². The van der Waals surface area contributed by atoms with Crippen LogP contribution in [0.3, 0.4) is 0 Å². The van der Waals surface area contributed by atoms with Crippen LogP contribution in [-0.4, -0.2) is 11.9 Å². The molecule has 24 heavy (non-hydrogen) atoms. The molecule has 4 heteroatoms. The Morgan fingerprint density at radius 3 is 2.12 bits per heavy atom. The number of hydrogen-bond acceptors (Lipinski definition) is 2. The minimum Gasteiger partial charge on any atom is -0.353 e. The first-order chi connectivity index (χ1) is 11.1. The number of carbonyl (C=O) groups excluding carboxylic acids is 1. The molecule has 0 aromatic heterocycles. The average Bonchev–Trinajstić information content (AvgIpc) is 2.60. The van der Waals surface area contributed by atoms with Crippen LogP contribution in [0.5, 0.6) is 0 Å². The lowest BCUT2D eigenvalue weighted by Gasteiger charge is -2.22. The van der Waals surface area contributed by atoms with Gasteiger partial charge in [0.2, 0.25) is 5.91 Å². The van der Waals surface area contributed by atoms with Crippen LogP contribution in [0.2, 0.25) is 0 Å². The van der Waals surface area contributed by atoms with Gasteiger partial charge >= 0.3 is 0 Å². The Bertz CT molecular complexity index is 604. The number of nitrogens with one attached hydrogen (secondary N) is 1. The summed E-state index contributed by atoms with van der Waals surface area (Å²) in [6.07, 6.45) is 1.88. The Labute approximate surface area is 151 Å². The zero-order chi connectivity index (χ0) is 16.7. The van der Waals surface area contributed by atoms with E-state index < -0.39 is 0 Å². The summed E-state index contributed by atoms with van der Waals surface area (Å²) in [4.78, 5) is 12.4. The molecule has 2 aromatic rings. The fraction of sp³-hybridized carbons (Fsp3) is 0.350. The van der Waals surface area contributed by atoms with E-state index in [1.807, 2.05) is 62.4 Å². The van der Waals surface area contributed by atoms with Gasteiger partial charge in [0.1, 0.15) is 0 Å². The number of nitrogens with two attached hydrogens (primary N) is 1. The van der Waals surface area contributed by atoms with Gasteiger partial charge in [0.15, 0.2) is 0 Å². The van der Waals surface area contributed by atoms with Crippen LogP contribution in [-0.2, 0) is 11.2 Å². The first kappa shape index (κ1) is 20.2. The highest BCUT2D eigenvalue weighted by atomic mass is 35.5. The second-order valence-corrected chi connectivity index (χ2v) is 6.16. The molecule has 3 unspecified atom stereocenters. The third-order valence-electron chi connectivity index (χ3n) is 4.23. The van der Waals surface area contributed by atoms with Crippen molar-refractivity contribution in [1.29, 1.82) is 0 Å². The van der Waals surface area contributed by atoms with Crippen LogP contribution >= 0.6 is 12.4 Å². The van der Waals surface area contributed by atoms with Crippen molar-refractivity contribution in [1.82, 2.24) is 5.32 Å². The average molecular weight is 347 g/mol. The normalized spacial score (nSPS) is 14.1. The number of halogens is 1. The van der Waals surface area contributed by atoms with Gasteiger partial charge in [-0.1, -0.05) is 67.6 Å². The van der Waals surface area contributed by atoms with Crippen molar-refractivity contribution in [3.05, 3.63) is 71.8 Å². The fourth-order valence-electron chi connectivity index (χ4n) is 2.60. The minimum atomic E-state index is -0.280. The highest BCUT2D eigenvalue weighted by Crippen LogP contribution is 2.19. The van der Waals surface area contributed by atoms with Gasteiger partial charge in [-0.2, -0.15) is 0 Å². The fourth-order valence-corrected chi connectivity index (χ4v) is 2.60. The molecule has 2 aromatic carbocycles. The van der Waals surface area contributed by atoms with Gasteiger partial charge in [0.05, 0.1) is 5.92 Å². The summed E-state index contributed by atoms with van der Waals surface area (Å²) < 4.78 is 0. The monoisotopic (exact) mass is 346 g/mol. The van der Waals surface area contributed by atoms with E-state index >= 15 is 0 Å². The molecule has 2 rings (SSSR count). The molecule has 0 heterocycles. The number of rotatable bonds is 7. The van der Waals surface area contributed by atoms with Gasteiger partial charge in [-0.15, -0.1) is 12.4 Å². The highest BCUT2D eigenvalue weighted by molar-refractivity contribution is 5.85. The molecule has 3 atom stereocenters. The Morgan fingerprint density at radius 1 is 1.00 bits per heavy atom. The van der Waals surface area contributed by atoms with Gasteiger partial charge in [0.25, 0.3) is 0 Å². The van der Waals surface area contributed by atoms with Gasteiger partial charge in [-0.05, 0) is 30.9 Å².